The molecule has 0 saturated carbocycles. The summed E-state index contributed by atoms with van der Waals surface area (Å²) in [6, 6.07) is 0. The van der Waals surface area contributed by atoms with E-state index in [2.05, 4.69) is 24.2 Å². The first kappa shape index (κ1) is 14.0. The molecular weight excluding hydrogens is 240 g/mol. The van der Waals surface area contributed by atoms with Crippen molar-refractivity contribution >= 4 is 27.7 Å². The van der Waals surface area contributed by atoms with E-state index in [1.807, 2.05) is 11.8 Å². The second-order valence-corrected chi connectivity index (χ2v) is 6.84. The lowest BCUT2D eigenvalue weighted by Crippen LogP contribution is -2.35. The number of hydrogen-bond donors (Lipinski definition) is 1. The van der Waals surface area contributed by atoms with Crippen LogP contribution in [-0.4, -0.2) is 40.2 Å². The van der Waals surface area contributed by atoms with Crippen LogP contribution in [0.2, 0.25) is 0 Å². The molecule has 1 N–H and O–H groups in total. The average Bonchev–Trinajstić information content (AvgIpc) is 2.30. The van der Waals surface area contributed by atoms with E-state index in [4.69, 9.17) is 0 Å². The van der Waals surface area contributed by atoms with Gasteiger partial charge in [-0.3, -0.25) is 9.20 Å². The summed E-state index contributed by atoms with van der Waals surface area (Å²) >= 11 is 1.81. The van der Waals surface area contributed by atoms with Crippen molar-refractivity contribution in [1.29, 1.82) is 0 Å². The second-order valence-electron chi connectivity index (χ2n) is 4.32. The van der Waals surface area contributed by atoms with Crippen LogP contribution in [0, 0.1) is 5.41 Å². The van der Waals surface area contributed by atoms with Crippen LogP contribution in [0.5, 0.6) is 0 Å². The summed E-state index contributed by atoms with van der Waals surface area (Å²) in [5.41, 5.74) is 0.406. The van der Waals surface area contributed by atoms with Gasteiger partial charge in [0.2, 0.25) is 0 Å². The molecule has 0 amide bonds. The molecule has 1 aliphatic heterocycles. The van der Waals surface area contributed by atoms with Gasteiger partial charge >= 0.3 is 0 Å². The number of aliphatic imine (C=N–C) groups is 1. The van der Waals surface area contributed by atoms with Crippen molar-refractivity contribution < 1.29 is 4.21 Å². The lowest BCUT2D eigenvalue weighted by molar-refractivity contribution is 0.318. The van der Waals surface area contributed by atoms with E-state index in [0.717, 1.165) is 24.0 Å². The van der Waals surface area contributed by atoms with E-state index in [0.29, 0.717) is 11.2 Å². The first-order valence-corrected chi connectivity index (χ1v) is 8.54. The highest BCUT2D eigenvalue weighted by Gasteiger charge is 2.29. The summed E-state index contributed by atoms with van der Waals surface area (Å²) in [7, 11) is -0.715. The normalized spacial score (nSPS) is 21.3. The molecule has 0 aromatic carbocycles. The molecule has 1 atom stereocenters. The molecule has 16 heavy (non-hydrogen) atoms. The van der Waals surface area contributed by atoms with Gasteiger partial charge in [0.05, 0.1) is 0 Å². The Balaban J connectivity index is 2.37. The molecule has 94 valence electrons. The third kappa shape index (κ3) is 4.09. The third-order valence-corrected chi connectivity index (χ3v) is 5.32. The van der Waals surface area contributed by atoms with Crippen LogP contribution in [0.1, 0.15) is 26.7 Å². The van der Waals surface area contributed by atoms with Gasteiger partial charge in [0, 0.05) is 41.7 Å². The molecule has 0 bridgehead atoms. The fourth-order valence-corrected chi connectivity index (χ4v) is 3.33. The molecule has 0 aromatic rings. The highest BCUT2D eigenvalue weighted by atomic mass is 32.2. The summed E-state index contributed by atoms with van der Waals surface area (Å²) in [5, 5.41) is 4.29. The second kappa shape index (κ2) is 6.64. The maximum Gasteiger partial charge on any atom is 0.156 e. The molecule has 0 aromatic heterocycles. The van der Waals surface area contributed by atoms with Gasteiger partial charge in [0.1, 0.15) is 0 Å². The standard InChI is InChI=1S/C11H22N2OS2/c1-4-11(5-2)8-13-10(15-9-11)12-6-7-16(3)14/h4-9H2,1-3H3,(H,12,13). The van der Waals surface area contributed by atoms with Crippen LogP contribution in [0.15, 0.2) is 4.99 Å². The van der Waals surface area contributed by atoms with Crippen LogP contribution < -0.4 is 5.32 Å². The lowest BCUT2D eigenvalue weighted by Gasteiger charge is -2.33. The molecule has 1 rings (SSSR count). The SMILES string of the molecule is CCC1(CC)CN=C(NCCS(C)=O)SC1. The highest BCUT2D eigenvalue weighted by molar-refractivity contribution is 8.13. The van der Waals surface area contributed by atoms with E-state index in [1.54, 1.807) is 6.26 Å². The Morgan fingerprint density at radius 1 is 1.50 bits per heavy atom. The van der Waals surface area contributed by atoms with E-state index < -0.39 is 10.8 Å². The van der Waals surface area contributed by atoms with Crippen molar-refractivity contribution in [3.63, 3.8) is 0 Å². The van der Waals surface area contributed by atoms with Crippen LogP contribution in [-0.2, 0) is 10.8 Å². The van der Waals surface area contributed by atoms with Crippen molar-refractivity contribution in [2.45, 2.75) is 26.7 Å². The number of thioether (sulfide) groups is 1. The smallest absolute Gasteiger partial charge is 0.156 e. The van der Waals surface area contributed by atoms with E-state index in [-0.39, 0.29) is 0 Å². The molecule has 1 aliphatic rings. The molecular formula is C11H22N2OS2. The molecule has 0 fully saturated rings. The summed E-state index contributed by atoms with van der Waals surface area (Å²) in [6.45, 7) is 6.20. The minimum absolute atomic E-state index is 0.406. The predicted octanol–water partition coefficient (Wildman–Crippen LogP) is 1.86. The van der Waals surface area contributed by atoms with Gasteiger partial charge in [-0.15, -0.1) is 0 Å². The molecule has 1 heterocycles. The first-order chi connectivity index (χ1) is 7.62. The minimum atomic E-state index is -0.715. The van der Waals surface area contributed by atoms with E-state index in [1.165, 1.54) is 12.8 Å². The molecule has 3 nitrogen and oxygen atoms in total. The third-order valence-electron chi connectivity index (χ3n) is 3.24. The summed E-state index contributed by atoms with van der Waals surface area (Å²) in [5.74, 6) is 1.85. The summed E-state index contributed by atoms with van der Waals surface area (Å²) in [6.07, 6.45) is 4.13. The largest absolute Gasteiger partial charge is 0.364 e. The Hall–Kier alpha value is -0.0300. The van der Waals surface area contributed by atoms with Gasteiger partial charge in [-0.25, -0.2) is 0 Å². The van der Waals surface area contributed by atoms with Crippen molar-refractivity contribution in [2.75, 3.05) is 30.9 Å². The van der Waals surface area contributed by atoms with Crippen LogP contribution >= 0.6 is 11.8 Å². The molecule has 1 unspecified atom stereocenters. The van der Waals surface area contributed by atoms with Gasteiger partial charge in [-0.2, -0.15) is 0 Å². The van der Waals surface area contributed by atoms with Crippen LogP contribution in [0.25, 0.3) is 0 Å². The fourth-order valence-electron chi connectivity index (χ4n) is 1.64. The van der Waals surface area contributed by atoms with E-state index >= 15 is 0 Å². The Bertz CT molecular complexity index is 275. The predicted molar refractivity (Wildman–Crippen MR) is 74.7 cm³/mol. The van der Waals surface area contributed by atoms with Gasteiger partial charge in [-0.1, -0.05) is 25.6 Å². The first-order valence-electron chi connectivity index (χ1n) is 5.83. The van der Waals surface area contributed by atoms with Crippen LogP contribution in [0.4, 0.5) is 0 Å². The molecule has 0 radical (unpaired) electrons. The fraction of sp³-hybridized carbons (Fsp3) is 0.909. The monoisotopic (exact) mass is 262 g/mol. The average molecular weight is 262 g/mol. The number of amidine groups is 1. The topological polar surface area (TPSA) is 41.5 Å². The Kier molecular flexibility index (Phi) is 5.83. The Labute approximate surface area is 105 Å². The molecule has 0 spiro atoms. The Morgan fingerprint density at radius 3 is 2.62 bits per heavy atom. The lowest BCUT2D eigenvalue weighted by atomic mass is 9.84. The highest BCUT2D eigenvalue weighted by Crippen LogP contribution is 2.34. The maximum atomic E-state index is 10.9. The zero-order valence-corrected chi connectivity index (χ0v) is 12.0. The summed E-state index contributed by atoms with van der Waals surface area (Å²) < 4.78 is 10.9. The Morgan fingerprint density at radius 2 is 2.19 bits per heavy atom. The molecule has 5 heteroatoms. The molecule has 0 aliphatic carbocycles. The van der Waals surface area contributed by atoms with Crippen molar-refractivity contribution in [3.8, 4) is 0 Å². The number of nitrogens with zero attached hydrogens (tertiary/aromatic N) is 1. The maximum absolute atomic E-state index is 10.9. The summed E-state index contributed by atoms with van der Waals surface area (Å²) in [4.78, 5) is 4.59. The minimum Gasteiger partial charge on any atom is -0.364 e. The van der Waals surface area contributed by atoms with Crippen molar-refractivity contribution in [1.82, 2.24) is 5.32 Å². The van der Waals surface area contributed by atoms with Gasteiger partial charge in [-0.05, 0) is 18.3 Å². The number of hydrogen-bond acceptors (Lipinski definition) is 4. The number of rotatable bonds is 5. The van der Waals surface area contributed by atoms with Crippen molar-refractivity contribution in [3.05, 3.63) is 0 Å². The quantitative estimate of drug-likeness (QED) is 0.822. The zero-order chi connectivity index (χ0) is 12.0. The van der Waals surface area contributed by atoms with Gasteiger partial charge < -0.3 is 5.32 Å². The van der Waals surface area contributed by atoms with Gasteiger partial charge in [0.15, 0.2) is 5.17 Å². The molecule has 0 saturated heterocycles. The zero-order valence-electron chi connectivity index (χ0n) is 10.4. The van der Waals surface area contributed by atoms with Gasteiger partial charge in [0.25, 0.3) is 0 Å². The number of nitrogens with one attached hydrogen (secondary N) is 1. The van der Waals surface area contributed by atoms with Crippen LogP contribution in [0.3, 0.4) is 0 Å². The van der Waals surface area contributed by atoms with Crippen molar-refractivity contribution in [2.24, 2.45) is 10.4 Å². The van der Waals surface area contributed by atoms with E-state index in [9.17, 15) is 4.21 Å².